The number of rotatable bonds is 3. The molecule has 0 aromatic heterocycles. The number of nitrogens with two attached hydrogens (primary N) is 1. The SMILES string of the molecule is CC(C)C(N)C(C)c1ccc(Br)cc1. The van der Waals surface area contributed by atoms with Crippen LogP contribution in [0, 0.1) is 5.92 Å². The van der Waals surface area contributed by atoms with Crippen molar-refractivity contribution in [1.29, 1.82) is 0 Å². The molecule has 0 saturated heterocycles. The van der Waals surface area contributed by atoms with Crippen LogP contribution < -0.4 is 5.73 Å². The fourth-order valence-electron chi connectivity index (χ4n) is 1.57. The molecule has 0 aliphatic heterocycles. The van der Waals surface area contributed by atoms with Crippen LogP contribution >= 0.6 is 15.9 Å². The first-order chi connectivity index (χ1) is 6.52. The first-order valence-electron chi connectivity index (χ1n) is 5.03. The molecule has 1 rings (SSSR count). The molecular weight excluding hydrogens is 238 g/mol. The Bertz CT molecular complexity index is 279. The van der Waals surface area contributed by atoms with Crippen molar-refractivity contribution in [3.63, 3.8) is 0 Å². The van der Waals surface area contributed by atoms with Gasteiger partial charge in [0.2, 0.25) is 0 Å². The van der Waals surface area contributed by atoms with Gasteiger partial charge in [-0.3, -0.25) is 0 Å². The molecule has 2 atom stereocenters. The van der Waals surface area contributed by atoms with E-state index >= 15 is 0 Å². The van der Waals surface area contributed by atoms with Gasteiger partial charge in [-0.25, -0.2) is 0 Å². The molecule has 0 fully saturated rings. The summed E-state index contributed by atoms with van der Waals surface area (Å²) in [6, 6.07) is 8.64. The summed E-state index contributed by atoms with van der Waals surface area (Å²) in [5.41, 5.74) is 7.43. The van der Waals surface area contributed by atoms with Crippen molar-refractivity contribution < 1.29 is 0 Å². The Labute approximate surface area is 94.8 Å². The maximum absolute atomic E-state index is 6.12. The number of hydrogen-bond acceptors (Lipinski definition) is 1. The minimum atomic E-state index is 0.233. The standard InChI is InChI=1S/C12H18BrN/c1-8(2)12(14)9(3)10-4-6-11(13)7-5-10/h4-9,12H,14H2,1-3H3. The normalized spacial score (nSPS) is 15.6. The van der Waals surface area contributed by atoms with Crippen LogP contribution in [-0.4, -0.2) is 6.04 Å². The van der Waals surface area contributed by atoms with Gasteiger partial charge in [0, 0.05) is 10.5 Å². The van der Waals surface area contributed by atoms with Crippen molar-refractivity contribution in [2.75, 3.05) is 0 Å². The lowest BCUT2D eigenvalue weighted by Crippen LogP contribution is -2.32. The zero-order valence-corrected chi connectivity index (χ0v) is 10.6. The monoisotopic (exact) mass is 255 g/mol. The Morgan fingerprint density at radius 2 is 1.57 bits per heavy atom. The fourth-order valence-corrected chi connectivity index (χ4v) is 1.83. The zero-order valence-electron chi connectivity index (χ0n) is 9.00. The lowest BCUT2D eigenvalue weighted by molar-refractivity contribution is 0.434. The van der Waals surface area contributed by atoms with Gasteiger partial charge >= 0.3 is 0 Å². The van der Waals surface area contributed by atoms with E-state index in [2.05, 4.69) is 61.0 Å². The van der Waals surface area contributed by atoms with E-state index in [4.69, 9.17) is 5.73 Å². The molecule has 0 radical (unpaired) electrons. The van der Waals surface area contributed by atoms with E-state index in [9.17, 15) is 0 Å². The maximum atomic E-state index is 6.12. The summed E-state index contributed by atoms with van der Waals surface area (Å²) >= 11 is 3.43. The highest BCUT2D eigenvalue weighted by atomic mass is 79.9. The predicted molar refractivity (Wildman–Crippen MR) is 65.4 cm³/mol. The maximum Gasteiger partial charge on any atom is 0.0175 e. The van der Waals surface area contributed by atoms with Crippen LogP contribution in [0.25, 0.3) is 0 Å². The molecule has 0 heterocycles. The average molecular weight is 256 g/mol. The largest absolute Gasteiger partial charge is 0.327 e. The molecule has 0 amide bonds. The zero-order chi connectivity index (χ0) is 10.7. The second kappa shape index (κ2) is 4.94. The summed E-state index contributed by atoms with van der Waals surface area (Å²) in [5.74, 6) is 0.941. The molecule has 1 aromatic carbocycles. The van der Waals surface area contributed by atoms with Crippen LogP contribution in [-0.2, 0) is 0 Å². The summed E-state index contributed by atoms with van der Waals surface area (Å²) < 4.78 is 1.12. The van der Waals surface area contributed by atoms with Crippen LogP contribution in [0.4, 0.5) is 0 Å². The molecule has 2 unspecified atom stereocenters. The molecule has 78 valence electrons. The second-order valence-corrected chi connectivity index (χ2v) is 5.08. The lowest BCUT2D eigenvalue weighted by Gasteiger charge is -2.23. The third-order valence-electron chi connectivity index (χ3n) is 2.74. The lowest BCUT2D eigenvalue weighted by atomic mass is 9.87. The molecule has 2 N–H and O–H groups in total. The Kier molecular flexibility index (Phi) is 4.14. The van der Waals surface area contributed by atoms with Gasteiger partial charge in [-0.05, 0) is 29.5 Å². The fraction of sp³-hybridized carbons (Fsp3) is 0.500. The molecule has 0 saturated carbocycles. The van der Waals surface area contributed by atoms with Gasteiger partial charge in [0.1, 0.15) is 0 Å². The van der Waals surface area contributed by atoms with Crippen LogP contribution in [0.1, 0.15) is 32.3 Å². The number of benzene rings is 1. The highest BCUT2D eigenvalue weighted by molar-refractivity contribution is 9.10. The summed E-state index contributed by atoms with van der Waals surface area (Å²) in [4.78, 5) is 0. The van der Waals surface area contributed by atoms with Crippen LogP contribution in [0.3, 0.4) is 0 Å². The molecule has 14 heavy (non-hydrogen) atoms. The van der Waals surface area contributed by atoms with E-state index in [1.807, 2.05) is 0 Å². The van der Waals surface area contributed by atoms with Gasteiger partial charge in [-0.1, -0.05) is 48.8 Å². The van der Waals surface area contributed by atoms with Gasteiger partial charge in [-0.15, -0.1) is 0 Å². The number of halogens is 1. The molecule has 0 aliphatic carbocycles. The van der Waals surface area contributed by atoms with Crippen LogP contribution in [0.2, 0.25) is 0 Å². The Morgan fingerprint density at radius 1 is 1.07 bits per heavy atom. The van der Waals surface area contributed by atoms with Crippen LogP contribution in [0.15, 0.2) is 28.7 Å². The first kappa shape index (κ1) is 11.7. The van der Waals surface area contributed by atoms with E-state index in [0.717, 1.165) is 4.47 Å². The minimum absolute atomic E-state index is 0.233. The topological polar surface area (TPSA) is 26.0 Å². The quantitative estimate of drug-likeness (QED) is 0.879. The van der Waals surface area contributed by atoms with Gasteiger partial charge in [0.25, 0.3) is 0 Å². The van der Waals surface area contributed by atoms with Crippen molar-refractivity contribution in [2.45, 2.75) is 32.7 Å². The molecule has 1 nitrogen and oxygen atoms in total. The summed E-state index contributed by atoms with van der Waals surface area (Å²) in [6.45, 7) is 6.52. The molecule has 0 aliphatic rings. The van der Waals surface area contributed by atoms with Crippen molar-refractivity contribution in [3.8, 4) is 0 Å². The third-order valence-corrected chi connectivity index (χ3v) is 3.27. The highest BCUT2D eigenvalue weighted by Crippen LogP contribution is 2.23. The molecule has 0 bridgehead atoms. The summed E-state index contributed by atoms with van der Waals surface area (Å²) in [5, 5.41) is 0. The molecule has 0 spiro atoms. The van der Waals surface area contributed by atoms with E-state index in [1.165, 1.54) is 5.56 Å². The Hall–Kier alpha value is -0.340. The highest BCUT2D eigenvalue weighted by Gasteiger charge is 2.17. The second-order valence-electron chi connectivity index (χ2n) is 4.16. The van der Waals surface area contributed by atoms with E-state index in [1.54, 1.807) is 0 Å². The number of hydrogen-bond donors (Lipinski definition) is 1. The van der Waals surface area contributed by atoms with E-state index in [0.29, 0.717) is 11.8 Å². The minimum Gasteiger partial charge on any atom is -0.327 e. The summed E-state index contributed by atoms with van der Waals surface area (Å²) in [6.07, 6.45) is 0. The Morgan fingerprint density at radius 3 is 2.00 bits per heavy atom. The van der Waals surface area contributed by atoms with Crippen molar-refractivity contribution in [3.05, 3.63) is 34.3 Å². The van der Waals surface area contributed by atoms with Gasteiger partial charge in [0.15, 0.2) is 0 Å². The average Bonchev–Trinajstić information content (AvgIpc) is 2.16. The van der Waals surface area contributed by atoms with Crippen molar-refractivity contribution in [2.24, 2.45) is 11.7 Å². The molecule has 1 aromatic rings. The van der Waals surface area contributed by atoms with Gasteiger partial charge in [0.05, 0.1) is 0 Å². The van der Waals surface area contributed by atoms with Crippen LogP contribution in [0.5, 0.6) is 0 Å². The smallest absolute Gasteiger partial charge is 0.0175 e. The van der Waals surface area contributed by atoms with Gasteiger partial charge < -0.3 is 5.73 Å². The predicted octanol–water partition coefficient (Wildman–Crippen LogP) is 3.54. The van der Waals surface area contributed by atoms with Crippen molar-refractivity contribution in [1.82, 2.24) is 0 Å². The molecular formula is C12H18BrN. The Balaban J connectivity index is 2.78. The van der Waals surface area contributed by atoms with Gasteiger partial charge in [-0.2, -0.15) is 0 Å². The van der Waals surface area contributed by atoms with Crippen molar-refractivity contribution >= 4 is 15.9 Å². The van der Waals surface area contributed by atoms with E-state index < -0.39 is 0 Å². The van der Waals surface area contributed by atoms with E-state index in [-0.39, 0.29) is 6.04 Å². The third kappa shape index (κ3) is 2.82. The molecule has 2 heteroatoms. The summed E-state index contributed by atoms with van der Waals surface area (Å²) in [7, 11) is 0. The first-order valence-corrected chi connectivity index (χ1v) is 5.82.